The normalized spacial score (nSPS) is 20.1. The zero-order valence-corrected chi connectivity index (χ0v) is 10.9. The fourth-order valence-electron chi connectivity index (χ4n) is 2.07. The summed E-state index contributed by atoms with van der Waals surface area (Å²) in [5.74, 6) is 0. The number of benzene rings is 2. The van der Waals surface area contributed by atoms with E-state index in [1.165, 1.54) is 0 Å². The lowest BCUT2D eigenvalue weighted by Crippen LogP contribution is -2.09. The summed E-state index contributed by atoms with van der Waals surface area (Å²) in [6.45, 7) is 0. The smallest absolute Gasteiger partial charge is 0.319 e. The molecule has 0 saturated carbocycles. The van der Waals surface area contributed by atoms with E-state index in [9.17, 15) is 4.57 Å². The van der Waals surface area contributed by atoms with E-state index >= 15 is 0 Å². The van der Waals surface area contributed by atoms with Crippen molar-refractivity contribution in [1.82, 2.24) is 0 Å². The Labute approximate surface area is 110 Å². The molecular weight excluding hydrogens is 265 g/mol. The fourth-order valence-corrected chi connectivity index (χ4v) is 2.42. The quantitative estimate of drug-likeness (QED) is 0.876. The molecule has 1 N–H and O–H groups in total. The Morgan fingerprint density at radius 1 is 1.26 bits per heavy atom. The highest BCUT2D eigenvalue weighted by Gasteiger charge is 2.24. The van der Waals surface area contributed by atoms with Crippen LogP contribution in [0.3, 0.4) is 0 Å². The first-order chi connectivity index (χ1) is 9.22. The Morgan fingerprint density at radius 2 is 2.05 bits per heavy atom. The molecule has 98 valence electrons. The summed E-state index contributed by atoms with van der Waals surface area (Å²) in [7, 11) is -3.00. The number of hydrogen-bond acceptors (Lipinski definition) is 4. The Hall–Kier alpha value is -1.68. The first kappa shape index (κ1) is 12.4. The highest BCUT2D eigenvalue weighted by atomic mass is 31.1. The monoisotopic (exact) mass is 277 g/mol. The van der Waals surface area contributed by atoms with Gasteiger partial charge in [0.1, 0.15) is 0 Å². The minimum atomic E-state index is -3.00. The minimum absolute atomic E-state index is 0.370. The van der Waals surface area contributed by atoms with Gasteiger partial charge >= 0.3 is 8.25 Å². The summed E-state index contributed by atoms with van der Waals surface area (Å²) < 4.78 is 15.3. The zero-order chi connectivity index (χ0) is 13.2. The zero-order valence-electron chi connectivity index (χ0n) is 9.95. The second-order valence-corrected chi connectivity index (χ2v) is 4.99. The van der Waals surface area contributed by atoms with E-state index < -0.39 is 14.5 Å². The lowest BCUT2D eigenvalue weighted by molar-refractivity contribution is -0.0578. The number of fused-ring (bicyclic) bond motifs is 1. The molecule has 0 amide bonds. The van der Waals surface area contributed by atoms with Crippen molar-refractivity contribution in [2.75, 3.05) is 0 Å². The molecule has 5 nitrogen and oxygen atoms in total. The van der Waals surface area contributed by atoms with Crippen molar-refractivity contribution in [3.8, 4) is 0 Å². The average Bonchev–Trinajstić information content (AvgIpc) is 2.86. The van der Waals surface area contributed by atoms with Crippen molar-refractivity contribution in [2.45, 2.75) is 12.7 Å². The third kappa shape index (κ3) is 2.68. The molecule has 0 fully saturated rings. The van der Waals surface area contributed by atoms with Crippen molar-refractivity contribution < 1.29 is 18.8 Å². The summed E-state index contributed by atoms with van der Waals surface area (Å²) in [5, 5.41) is 6.17. The maximum atomic E-state index is 10.6. The third-order valence-electron chi connectivity index (χ3n) is 2.96. The molecule has 3 rings (SSSR count). The standard InChI is InChI=1S/C13H12NO4P/c15-19(16)18-13-8-12(14-17-13)11-6-5-9-3-1-2-4-10(9)7-11/h1-7,13,19H,8H2,(H,15,16). The number of nitrogens with zero attached hydrogens (tertiary/aromatic N) is 1. The van der Waals surface area contributed by atoms with Crippen LogP contribution in [-0.2, 0) is 13.9 Å². The average molecular weight is 277 g/mol. The van der Waals surface area contributed by atoms with Gasteiger partial charge in [0.15, 0.2) is 0 Å². The topological polar surface area (TPSA) is 68.1 Å². The Balaban J connectivity index is 1.83. The molecule has 0 aromatic heterocycles. The number of hydrogen-bond donors (Lipinski definition) is 1. The van der Waals surface area contributed by atoms with Crippen molar-refractivity contribution in [2.24, 2.45) is 5.16 Å². The molecule has 2 aromatic carbocycles. The maximum absolute atomic E-state index is 10.6. The van der Waals surface area contributed by atoms with Gasteiger partial charge in [0.05, 0.1) is 12.1 Å². The van der Waals surface area contributed by atoms with Crippen molar-refractivity contribution in [3.63, 3.8) is 0 Å². The van der Waals surface area contributed by atoms with Crippen LogP contribution in [0.15, 0.2) is 47.6 Å². The summed E-state index contributed by atoms with van der Waals surface area (Å²) in [5.41, 5.74) is 1.65. The SMILES string of the molecule is O=[PH](O)OC1CC(c2ccc3ccccc3c2)=NO1. The van der Waals surface area contributed by atoms with E-state index in [1.807, 2.05) is 42.5 Å². The predicted octanol–water partition coefficient (Wildman–Crippen LogP) is 2.69. The fraction of sp³-hybridized carbons (Fsp3) is 0.154. The molecule has 6 heteroatoms. The van der Waals surface area contributed by atoms with Gasteiger partial charge < -0.3 is 9.73 Å². The summed E-state index contributed by atoms with van der Waals surface area (Å²) >= 11 is 0. The summed E-state index contributed by atoms with van der Waals surface area (Å²) in [6.07, 6.45) is -0.396. The van der Waals surface area contributed by atoms with Gasteiger partial charge in [0, 0.05) is 5.56 Å². The molecule has 2 aromatic rings. The summed E-state index contributed by atoms with van der Waals surface area (Å²) in [4.78, 5) is 13.7. The molecule has 1 aliphatic heterocycles. The second kappa shape index (κ2) is 5.13. The largest absolute Gasteiger partial charge is 0.362 e. The van der Waals surface area contributed by atoms with Crippen LogP contribution < -0.4 is 0 Å². The van der Waals surface area contributed by atoms with Crippen LogP contribution in [0.4, 0.5) is 0 Å². The van der Waals surface area contributed by atoms with Crippen molar-refractivity contribution in [1.29, 1.82) is 0 Å². The van der Waals surface area contributed by atoms with Gasteiger partial charge in [-0.2, -0.15) is 0 Å². The van der Waals surface area contributed by atoms with Crippen LogP contribution in [0.25, 0.3) is 10.8 Å². The molecule has 0 saturated heterocycles. The van der Waals surface area contributed by atoms with Gasteiger partial charge in [-0.05, 0) is 16.8 Å². The maximum Gasteiger partial charge on any atom is 0.319 e. The van der Waals surface area contributed by atoms with Crippen LogP contribution in [0.5, 0.6) is 0 Å². The molecule has 2 unspecified atom stereocenters. The van der Waals surface area contributed by atoms with E-state index in [0.29, 0.717) is 6.42 Å². The summed E-state index contributed by atoms with van der Waals surface area (Å²) in [6, 6.07) is 14.0. The highest BCUT2D eigenvalue weighted by Crippen LogP contribution is 2.27. The Morgan fingerprint density at radius 3 is 2.84 bits per heavy atom. The second-order valence-electron chi connectivity index (χ2n) is 4.22. The molecule has 1 aliphatic rings. The van der Waals surface area contributed by atoms with Gasteiger partial charge in [0.2, 0.25) is 6.29 Å². The van der Waals surface area contributed by atoms with Crippen LogP contribution in [-0.4, -0.2) is 16.9 Å². The molecule has 2 atom stereocenters. The first-order valence-electron chi connectivity index (χ1n) is 5.84. The van der Waals surface area contributed by atoms with Gasteiger partial charge in [-0.3, -0.25) is 9.09 Å². The molecular formula is C13H12NO4P. The van der Waals surface area contributed by atoms with Crippen LogP contribution in [0.2, 0.25) is 0 Å². The van der Waals surface area contributed by atoms with E-state index in [2.05, 4.69) is 5.16 Å². The Bertz CT molecular complexity index is 670. The molecule has 0 aliphatic carbocycles. The van der Waals surface area contributed by atoms with Crippen molar-refractivity contribution in [3.05, 3.63) is 48.0 Å². The van der Waals surface area contributed by atoms with E-state index in [1.54, 1.807) is 0 Å². The molecule has 0 bridgehead atoms. The minimum Gasteiger partial charge on any atom is -0.362 e. The van der Waals surface area contributed by atoms with E-state index in [-0.39, 0.29) is 0 Å². The van der Waals surface area contributed by atoms with Crippen LogP contribution in [0, 0.1) is 0 Å². The van der Waals surface area contributed by atoms with Gasteiger partial charge in [0.25, 0.3) is 0 Å². The molecule has 1 heterocycles. The Kier molecular flexibility index (Phi) is 3.34. The van der Waals surface area contributed by atoms with Crippen LogP contribution >= 0.6 is 8.25 Å². The predicted molar refractivity (Wildman–Crippen MR) is 72.3 cm³/mol. The van der Waals surface area contributed by atoms with Gasteiger partial charge in [-0.1, -0.05) is 41.6 Å². The van der Waals surface area contributed by atoms with Crippen molar-refractivity contribution >= 4 is 24.7 Å². The molecule has 0 radical (unpaired) electrons. The third-order valence-corrected chi connectivity index (χ3v) is 3.42. The van der Waals surface area contributed by atoms with E-state index in [0.717, 1.165) is 22.0 Å². The van der Waals surface area contributed by atoms with Crippen LogP contribution in [0.1, 0.15) is 12.0 Å². The molecule has 0 spiro atoms. The number of rotatable bonds is 3. The van der Waals surface area contributed by atoms with Gasteiger partial charge in [-0.25, -0.2) is 0 Å². The lowest BCUT2D eigenvalue weighted by atomic mass is 10.0. The van der Waals surface area contributed by atoms with E-state index in [4.69, 9.17) is 14.3 Å². The first-order valence-corrected chi connectivity index (χ1v) is 7.10. The molecule has 19 heavy (non-hydrogen) atoms. The highest BCUT2D eigenvalue weighted by molar-refractivity contribution is 7.32. The van der Waals surface area contributed by atoms with Gasteiger partial charge in [-0.15, -0.1) is 0 Å². The lowest BCUT2D eigenvalue weighted by Gasteiger charge is -2.05. The number of oxime groups is 1.